The highest BCUT2D eigenvalue weighted by Gasteiger charge is 2.54. The van der Waals surface area contributed by atoms with Gasteiger partial charge in [0.1, 0.15) is 23.8 Å². The summed E-state index contributed by atoms with van der Waals surface area (Å²) in [5.41, 5.74) is 4.18. The van der Waals surface area contributed by atoms with Crippen LogP contribution in [0.25, 0.3) is 10.8 Å². The monoisotopic (exact) mass is 585 g/mol. The van der Waals surface area contributed by atoms with Crippen LogP contribution in [-0.4, -0.2) is 77.8 Å². The Bertz CT molecular complexity index is 1590. The lowest BCUT2D eigenvalue weighted by Gasteiger charge is -2.40. The third-order valence-corrected chi connectivity index (χ3v) is 7.91. The van der Waals surface area contributed by atoms with E-state index in [2.05, 4.69) is 10.4 Å². The number of rotatable bonds is 9. The standard InChI is InChI=1S/C32H35N5O6/c1-31(2,43-30(33)41)28(39)34-25(19-42-24-14-13-22-11-7-8-12-23(22)17-24)27(38)37-16-15-26-32(20-37,29(40)36(3)35-26)18-21-9-5-4-6-10-21/h4-14,17,25H,15-16,18-20H2,1-3H3,(H2,33,41)(H,34,39)/t25-,32-/m1/s1. The average molecular weight is 586 g/mol. The maximum Gasteiger partial charge on any atom is 0.405 e. The summed E-state index contributed by atoms with van der Waals surface area (Å²) >= 11 is 0. The molecule has 11 heteroatoms. The molecule has 5 rings (SSSR count). The first kappa shape index (κ1) is 29.6. The molecule has 1 saturated heterocycles. The van der Waals surface area contributed by atoms with Gasteiger partial charge in [-0.25, -0.2) is 9.80 Å². The van der Waals surface area contributed by atoms with Gasteiger partial charge in [0.25, 0.3) is 11.8 Å². The van der Waals surface area contributed by atoms with Crippen LogP contribution in [0.2, 0.25) is 0 Å². The minimum Gasteiger partial charge on any atom is -0.491 e. The number of hydrogen-bond donors (Lipinski definition) is 2. The number of amides is 4. The minimum atomic E-state index is -1.65. The van der Waals surface area contributed by atoms with Gasteiger partial charge < -0.3 is 25.4 Å². The predicted octanol–water partition coefficient (Wildman–Crippen LogP) is 2.87. The van der Waals surface area contributed by atoms with Crippen molar-refractivity contribution < 1.29 is 28.7 Å². The number of likely N-dealkylation sites (tertiary alicyclic amines) is 1. The number of benzene rings is 3. The number of nitrogens with one attached hydrogen (secondary N) is 1. The van der Waals surface area contributed by atoms with Crippen molar-refractivity contribution in [3.8, 4) is 5.75 Å². The van der Waals surface area contributed by atoms with Crippen molar-refractivity contribution in [2.75, 3.05) is 26.7 Å². The van der Waals surface area contributed by atoms with Crippen LogP contribution in [0.4, 0.5) is 4.79 Å². The number of ether oxygens (including phenoxy) is 2. The Labute approximate surface area is 249 Å². The van der Waals surface area contributed by atoms with Crippen molar-refractivity contribution in [1.82, 2.24) is 15.2 Å². The van der Waals surface area contributed by atoms with E-state index in [9.17, 15) is 19.2 Å². The molecule has 0 bridgehead atoms. The Hall–Kier alpha value is -4.93. The number of hydrogen-bond acceptors (Lipinski definition) is 7. The minimum absolute atomic E-state index is 0.0895. The van der Waals surface area contributed by atoms with Crippen LogP contribution in [0, 0.1) is 5.41 Å². The van der Waals surface area contributed by atoms with Crippen LogP contribution in [0.3, 0.4) is 0 Å². The number of carbonyl (C=O) groups is 4. The Morgan fingerprint density at radius 3 is 2.47 bits per heavy atom. The van der Waals surface area contributed by atoms with Gasteiger partial charge in [0, 0.05) is 26.6 Å². The fourth-order valence-electron chi connectivity index (χ4n) is 5.68. The summed E-state index contributed by atoms with van der Waals surface area (Å²) in [6, 6.07) is 21.8. The highest BCUT2D eigenvalue weighted by molar-refractivity contribution is 6.13. The summed E-state index contributed by atoms with van der Waals surface area (Å²) in [4.78, 5) is 53.9. The molecule has 2 aliphatic rings. The lowest BCUT2D eigenvalue weighted by Crippen LogP contribution is -2.61. The first-order valence-electron chi connectivity index (χ1n) is 14.1. The molecule has 0 aromatic heterocycles. The van der Waals surface area contributed by atoms with Gasteiger partial charge in [0.15, 0.2) is 5.60 Å². The zero-order valence-electron chi connectivity index (χ0n) is 24.4. The summed E-state index contributed by atoms with van der Waals surface area (Å²) in [6.45, 7) is 2.95. The first-order chi connectivity index (χ1) is 20.5. The highest BCUT2D eigenvalue weighted by Crippen LogP contribution is 2.38. The van der Waals surface area contributed by atoms with Crippen LogP contribution >= 0.6 is 0 Å². The average Bonchev–Trinajstić information content (AvgIpc) is 3.22. The van der Waals surface area contributed by atoms with Crippen molar-refractivity contribution in [2.45, 2.75) is 38.3 Å². The summed E-state index contributed by atoms with van der Waals surface area (Å²) < 4.78 is 11.0. The van der Waals surface area contributed by atoms with E-state index < -0.39 is 35.0 Å². The molecule has 43 heavy (non-hydrogen) atoms. The van der Waals surface area contributed by atoms with E-state index in [1.807, 2.05) is 66.7 Å². The van der Waals surface area contributed by atoms with Crippen LogP contribution in [-0.2, 0) is 25.5 Å². The number of piperidine rings is 1. The van der Waals surface area contributed by atoms with Gasteiger partial charge in [-0.3, -0.25) is 14.4 Å². The third-order valence-electron chi connectivity index (χ3n) is 7.91. The SMILES string of the molecule is CN1N=C2CCN(C(=O)[C@@H](COc3ccc4ccccc4c3)NC(=O)C(C)(C)OC(N)=O)C[C@@]2(Cc2ccccc2)C1=O. The molecule has 0 spiro atoms. The van der Waals surface area contributed by atoms with Crippen LogP contribution in [0.15, 0.2) is 77.9 Å². The third kappa shape index (κ3) is 6.15. The van der Waals surface area contributed by atoms with Crippen molar-refractivity contribution in [1.29, 1.82) is 0 Å². The second kappa shape index (κ2) is 11.7. The van der Waals surface area contributed by atoms with Gasteiger partial charge in [-0.05, 0) is 48.7 Å². The fourth-order valence-corrected chi connectivity index (χ4v) is 5.68. The predicted molar refractivity (Wildman–Crippen MR) is 160 cm³/mol. The largest absolute Gasteiger partial charge is 0.491 e. The van der Waals surface area contributed by atoms with Crippen molar-refractivity contribution in [3.63, 3.8) is 0 Å². The molecule has 1 fully saturated rings. The van der Waals surface area contributed by atoms with Crippen molar-refractivity contribution in [2.24, 2.45) is 16.3 Å². The molecule has 11 nitrogen and oxygen atoms in total. The van der Waals surface area contributed by atoms with Gasteiger partial charge in [-0.15, -0.1) is 0 Å². The van der Waals surface area contributed by atoms with Crippen LogP contribution in [0.5, 0.6) is 5.75 Å². The van der Waals surface area contributed by atoms with Gasteiger partial charge >= 0.3 is 6.09 Å². The molecule has 3 aromatic rings. The van der Waals surface area contributed by atoms with Crippen molar-refractivity contribution >= 4 is 40.3 Å². The van der Waals surface area contributed by atoms with Crippen molar-refractivity contribution in [3.05, 3.63) is 78.4 Å². The molecule has 2 atom stereocenters. The molecule has 4 amide bonds. The summed E-state index contributed by atoms with van der Waals surface area (Å²) in [7, 11) is 1.62. The molecule has 0 radical (unpaired) electrons. The molecular weight excluding hydrogens is 550 g/mol. The molecule has 3 aromatic carbocycles. The maximum atomic E-state index is 14.1. The normalized spacial score (nSPS) is 19.0. The Morgan fingerprint density at radius 2 is 1.74 bits per heavy atom. The van der Waals surface area contributed by atoms with Crippen LogP contribution in [0.1, 0.15) is 25.8 Å². The first-order valence-corrected chi connectivity index (χ1v) is 14.1. The summed E-state index contributed by atoms with van der Waals surface area (Å²) in [5, 5.41) is 10.5. The number of fused-ring (bicyclic) bond motifs is 2. The van der Waals surface area contributed by atoms with E-state index in [0.717, 1.165) is 22.0 Å². The molecule has 0 unspecified atom stereocenters. The fraction of sp³-hybridized carbons (Fsp3) is 0.344. The molecule has 224 valence electrons. The van der Waals surface area contributed by atoms with Crippen LogP contribution < -0.4 is 15.8 Å². The van der Waals surface area contributed by atoms with Gasteiger partial charge in [-0.1, -0.05) is 60.7 Å². The maximum absolute atomic E-state index is 14.1. The Balaban J connectivity index is 1.41. The second-order valence-electron chi connectivity index (χ2n) is 11.4. The molecular formula is C32H35N5O6. The quantitative estimate of drug-likeness (QED) is 0.395. The lowest BCUT2D eigenvalue weighted by atomic mass is 9.73. The zero-order chi connectivity index (χ0) is 30.8. The van der Waals surface area contributed by atoms with E-state index in [1.165, 1.54) is 18.9 Å². The number of carbonyl (C=O) groups excluding carboxylic acids is 4. The van der Waals surface area contributed by atoms with Gasteiger partial charge in [0.05, 0.1) is 5.71 Å². The summed E-state index contributed by atoms with van der Waals surface area (Å²) in [5.74, 6) is -0.827. The Morgan fingerprint density at radius 1 is 1.05 bits per heavy atom. The Kier molecular flexibility index (Phi) is 8.08. The lowest BCUT2D eigenvalue weighted by molar-refractivity contribution is -0.145. The number of primary amides is 1. The molecule has 3 N–H and O–H groups in total. The molecule has 2 heterocycles. The highest BCUT2D eigenvalue weighted by atomic mass is 16.6. The number of nitrogens with zero attached hydrogens (tertiary/aromatic N) is 3. The molecule has 2 aliphatic heterocycles. The van der Waals surface area contributed by atoms with Gasteiger partial charge in [0.2, 0.25) is 5.91 Å². The van der Waals surface area contributed by atoms with E-state index in [-0.39, 0.29) is 19.1 Å². The smallest absolute Gasteiger partial charge is 0.405 e. The van der Waals surface area contributed by atoms with Gasteiger partial charge in [-0.2, -0.15) is 5.10 Å². The zero-order valence-corrected chi connectivity index (χ0v) is 24.4. The number of hydrazone groups is 1. The van der Waals surface area contributed by atoms with E-state index in [4.69, 9.17) is 15.2 Å². The molecule has 0 aliphatic carbocycles. The number of nitrogens with two attached hydrogens (primary N) is 1. The van der Waals surface area contributed by atoms with E-state index >= 15 is 0 Å². The second-order valence-corrected chi connectivity index (χ2v) is 11.4. The molecule has 0 saturated carbocycles. The topological polar surface area (TPSA) is 144 Å². The summed E-state index contributed by atoms with van der Waals surface area (Å²) in [6.07, 6.45) is -0.342. The van der Waals surface area contributed by atoms with E-state index in [1.54, 1.807) is 18.0 Å². The van der Waals surface area contributed by atoms with E-state index in [0.29, 0.717) is 25.1 Å².